The third-order valence-electron chi connectivity index (χ3n) is 4.50. The van der Waals surface area contributed by atoms with E-state index in [1.165, 1.54) is 17.3 Å². The van der Waals surface area contributed by atoms with Crippen molar-refractivity contribution in [2.75, 3.05) is 16.2 Å². The largest absolute Gasteiger partial charge is 0.508 e. The topological polar surface area (TPSA) is 52.6 Å². The van der Waals surface area contributed by atoms with Crippen LogP contribution in [0.4, 0.5) is 11.4 Å². The number of fused-ring (bicyclic) bond motifs is 1. The molecule has 3 aromatic rings. The van der Waals surface area contributed by atoms with Gasteiger partial charge in [-0.15, -0.1) is 0 Å². The summed E-state index contributed by atoms with van der Waals surface area (Å²) in [6.45, 7) is 1.02. The number of aromatic hydroxyl groups is 1. The molecule has 1 aliphatic heterocycles. The van der Waals surface area contributed by atoms with Crippen LogP contribution in [0.3, 0.4) is 0 Å². The van der Waals surface area contributed by atoms with Gasteiger partial charge in [0.05, 0.1) is 5.69 Å². The van der Waals surface area contributed by atoms with E-state index in [1.807, 2.05) is 24.3 Å². The van der Waals surface area contributed by atoms with Gasteiger partial charge in [-0.2, -0.15) is 0 Å². The van der Waals surface area contributed by atoms with Gasteiger partial charge in [0.2, 0.25) is 0 Å². The molecule has 136 valence electrons. The molecule has 0 saturated carbocycles. The van der Waals surface area contributed by atoms with Crippen molar-refractivity contribution in [1.82, 2.24) is 0 Å². The normalized spacial score (nSPS) is 13.1. The smallest absolute Gasteiger partial charge is 0.255 e. The van der Waals surface area contributed by atoms with Gasteiger partial charge in [-0.1, -0.05) is 24.3 Å². The first-order chi connectivity index (χ1) is 13.2. The van der Waals surface area contributed by atoms with Gasteiger partial charge >= 0.3 is 0 Å². The third kappa shape index (κ3) is 4.09. The van der Waals surface area contributed by atoms with Crippen LogP contribution in [0.5, 0.6) is 5.75 Å². The molecule has 27 heavy (non-hydrogen) atoms. The zero-order valence-corrected chi connectivity index (χ0v) is 15.6. The molecule has 5 heteroatoms. The lowest BCUT2D eigenvalue weighted by molar-refractivity contribution is 0.102. The lowest BCUT2D eigenvalue weighted by atomic mass is 10.0. The summed E-state index contributed by atoms with van der Waals surface area (Å²) >= 11 is 1.70. The van der Waals surface area contributed by atoms with Crippen molar-refractivity contribution >= 4 is 29.2 Å². The van der Waals surface area contributed by atoms with Gasteiger partial charge in [-0.25, -0.2) is 0 Å². The van der Waals surface area contributed by atoms with Crippen molar-refractivity contribution < 1.29 is 9.90 Å². The monoisotopic (exact) mass is 376 g/mol. The van der Waals surface area contributed by atoms with Gasteiger partial charge < -0.3 is 14.7 Å². The molecular formula is C22H20N2O2S. The molecular weight excluding hydrogens is 356 g/mol. The fourth-order valence-electron chi connectivity index (χ4n) is 3.18. The highest BCUT2D eigenvalue weighted by Crippen LogP contribution is 2.35. The molecule has 4 nitrogen and oxygen atoms in total. The van der Waals surface area contributed by atoms with Crippen molar-refractivity contribution in [2.45, 2.75) is 17.7 Å². The molecule has 0 bridgehead atoms. The summed E-state index contributed by atoms with van der Waals surface area (Å²) in [5, 5.41) is 12.3. The second-order valence-electron chi connectivity index (χ2n) is 6.45. The summed E-state index contributed by atoms with van der Waals surface area (Å²) in [7, 11) is 0. The highest BCUT2D eigenvalue weighted by atomic mass is 32.2. The molecule has 1 amide bonds. The number of phenols is 1. The van der Waals surface area contributed by atoms with Crippen LogP contribution in [0, 0.1) is 0 Å². The van der Waals surface area contributed by atoms with Gasteiger partial charge in [0, 0.05) is 28.8 Å². The maximum Gasteiger partial charge on any atom is 0.255 e. The highest BCUT2D eigenvalue weighted by Gasteiger charge is 2.17. The van der Waals surface area contributed by atoms with Gasteiger partial charge in [0.1, 0.15) is 5.75 Å². The summed E-state index contributed by atoms with van der Waals surface area (Å²) in [4.78, 5) is 13.5. The zero-order chi connectivity index (χ0) is 18.6. The van der Waals surface area contributed by atoms with Crippen LogP contribution in [-0.4, -0.2) is 17.6 Å². The Morgan fingerprint density at radius 3 is 2.63 bits per heavy atom. The van der Waals surface area contributed by atoms with E-state index >= 15 is 0 Å². The van der Waals surface area contributed by atoms with Gasteiger partial charge in [0.15, 0.2) is 0 Å². The summed E-state index contributed by atoms with van der Waals surface area (Å²) in [5.74, 6) is -0.0678. The minimum absolute atomic E-state index is 0.126. The number of nitrogens with zero attached hydrogens (tertiary/aromatic N) is 1. The number of phenolic OH excluding ortho intramolecular Hbond substituents is 1. The van der Waals surface area contributed by atoms with Crippen molar-refractivity contribution in [3.8, 4) is 5.75 Å². The number of anilines is 2. The average Bonchev–Trinajstić information content (AvgIpc) is 2.69. The standard InChI is InChI=1S/C22H20N2O2S/c25-19-8-3-7-18(15-19)23-22(26)17-10-12-20(13-11-17)27-24-14-4-6-16-5-1-2-9-21(16)24/h1-3,5,7-13,15,25H,4,6,14H2,(H,23,26). The molecule has 4 rings (SSSR count). The molecule has 0 unspecified atom stereocenters. The molecule has 0 radical (unpaired) electrons. The van der Waals surface area contributed by atoms with Gasteiger partial charge in [-0.3, -0.25) is 4.79 Å². The number of carbonyl (C=O) groups excluding carboxylic acids is 1. The molecule has 2 N–H and O–H groups in total. The van der Waals surface area contributed by atoms with E-state index in [2.05, 4.69) is 33.9 Å². The molecule has 0 atom stereocenters. The van der Waals surface area contributed by atoms with Crippen LogP contribution in [0.25, 0.3) is 0 Å². The van der Waals surface area contributed by atoms with E-state index in [9.17, 15) is 9.90 Å². The van der Waals surface area contributed by atoms with E-state index in [1.54, 1.807) is 30.1 Å². The van der Waals surface area contributed by atoms with Crippen LogP contribution in [0.15, 0.2) is 77.7 Å². The Bertz CT molecular complexity index is 957. The van der Waals surface area contributed by atoms with Crippen molar-refractivity contribution in [3.05, 3.63) is 83.9 Å². The molecule has 0 saturated heterocycles. The number of aryl methyl sites for hydroxylation is 1. The third-order valence-corrected chi connectivity index (χ3v) is 5.59. The Hall–Kier alpha value is -2.92. The summed E-state index contributed by atoms with van der Waals surface area (Å²) in [5.41, 5.74) is 3.82. The number of carbonyl (C=O) groups is 1. The number of hydrogen-bond donors (Lipinski definition) is 2. The second kappa shape index (κ2) is 7.76. The molecule has 1 heterocycles. The van der Waals surface area contributed by atoms with E-state index in [-0.39, 0.29) is 11.7 Å². The minimum atomic E-state index is -0.194. The lowest BCUT2D eigenvalue weighted by Crippen LogP contribution is -2.22. The Morgan fingerprint density at radius 2 is 1.81 bits per heavy atom. The number of nitrogens with one attached hydrogen (secondary N) is 1. The molecule has 0 aromatic heterocycles. The number of para-hydroxylation sites is 1. The average molecular weight is 376 g/mol. The molecule has 1 aliphatic rings. The number of benzene rings is 3. The number of amides is 1. The van der Waals surface area contributed by atoms with Gasteiger partial charge in [-0.05, 0) is 72.8 Å². The van der Waals surface area contributed by atoms with E-state index < -0.39 is 0 Å². The van der Waals surface area contributed by atoms with E-state index in [0.717, 1.165) is 24.3 Å². The Balaban J connectivity index is 1.44. The van der Waals surface area contributed by atoms with Crippen LogP contribution < -0.4 is 9.62 Å². The summed E-state index contributed by atoms with van der Waals surface area (Å²) < 4.78 is 2.32. The molecule has 0 spiro atoms. The van der Waals surface area contributed by atoms with Crippen LogP contribution >= 0.6 is 11.9 Å². The first-order valence-electron chi connectivity index (χ1n) is 8.93. The summed E-state index contributed by atoms with van der Waals surface area (Å²) in [6.07, 6.45) is 2.27. The second-order valence-corrected chi connectivity index (χ2v) is 7.55. The predicted molar refractivity (Wildman–Crippen MR) is 110 cm³/mol. The first kappa shape index (κ1) is 17.5. The quantitative estimate of drug-likeness (QED) is 0.622. The first-order valence-corrected chi connectivity index (χ1v) is 9.70. The van der Waals surface area contributed by atoms with E-state index in [0.29, 0.717) is 11.3 Å². The van der Waals surface area contributed by atoms with Crippen molar-refractivity contribution in [3.63, 3.8) is 0 Å². The van der Waals surface area contributed by atoms with Crippen molar-refractivity contribution in [2.24, 2.45) is 0 Å². The lowest BCUT2D eigenvalue weighted by Gasteiger charge is -2.29. The van der Waals surface area contributed by atoms with Crippen LogP contribution in [-0.2, 0) is 6.42 Å². The number of rotatable bonds is 4. The zero-order valence-electron chi connectivity index (χ0n) is 14.8. The molecule has 3 aromatic carbocycles. The maximum absolute atomic E-state index is 12.4. The SMILES string of the molecule is O=C(Nc1cccc(O)c1)c1ccc(SN2CCCc3ccccc32)cc1. The van der Waals surface area contributed by atoms with Crippen LogP contribution in [0.2, 0.25) is 0 Å². The maximum atomic E-state index is 12.4. The highest BCUT2D eigenvalue weighted by molar-refractivity contribution is 8.00. The Kier molecular flexibility index (Phi) is 5.03. The van der Waals surface area contributed by atoms with Crippen molar-refractivity contribution in [1.29, 1.82) is 0 Å². The van der Waals surface area contributed by atoms with Gasteiger partial charge in [0.25, 0.3) is 5.91 Å². The molecule has 0 fully saturated rings. The molecule has 0 aliphatic carbocycles. The predicted octanol–water partition coefficient (Wildman–Crippen LogP) is 5.10. The van der Waals surface area contributed by atoms with E-state index in [4.69, 9.17) is 0 Å². The number of hydrogen-bond acceptors (Lipinski definition) is 4. The Morgan fingerprint density at radius 1 is 1.00 bits per heavy atom. The van der Waals surface area contributed by atoms with Crippen LogP contribution in [0.1, 0.15) is 22.3 Å². The fraction of sp³-hybridized carbons (Fsp3) is 0.136. The Labute approximate surface area is 163 Å². The summed E-state index contributed by atoms with van der Waals surface area (Å²) in [6, 6.07) is 22.7. The fourth-order valence-corrected chi connectivity index (χ4v) is 4.18. The minimum Gasteiger partial charge on any atom is -0.508 e.